The number of nitrogens with zero attached hydrogens (tertiary/aromatic N) is 2. The molecule has 2 heteroatoms. The van der Waals surface area contributed by atoms with E-state index in [0.717, 1.165) is 36.3 Å². The highest BCUT2D eigenvalue weighted by Gasteiger charge is 2.22. The summed E-state index contributed by atoms with van der Waals surface area (Å²) in [6.45, 7) is 2.33. The molecule has 0 fully saturated rings. The Morgan fingerprint density at radius 3 is 1.54 bits per heavy atom. The molecule has 2 aliphatic rings. The van der Waals surface area contributed by atoms with Crippen LogP contribution in [0.4, 0.5) is 17.1 Å². The minimum absolute atomic E-state index is 0.450. The Morgan fingerprint density at radius 2 is 0.892 bits per heavy atom. The van der Waals surface area contributed by atoms with E-state index in [2.05, 4.69) is 247 Å². The van der Waals surface area contributed by atoms with Crippen molar-refractivity contribution in [1.29, 1.82) is 0 Å². The van der Waals surface area contributed by atoms with Crippen molar-refractivity contribution in [1.82, 2.24) is 4.57 Å². The highest BCUT2D eigenvalue weighted by Crippen LogP contribution is 2.43. The third-order valence-corrected chi connectivity index (χ3v) is 13.8. The van der Waals surface area contributed by atoms with Gasteiger partial charge in [-0.2, -0.15) is 0 Å². The van der Waals surface area contributed by atoms with Gasteiger partial charge in [-0.3, -0.25) is 0 Å². The number of allylic oxidation sites excluding steroid dienone is 4. The van der Waals surface area contributed by atoms with E-state index in [4.69, 9.17) is 0 Å². The topological polar surface area (TPSA) is 8.17 Å². The monoisotopic (exact) mass is 832 g/mol. The molecule has 0 spiro atoms. The van der Waals surface area contributed by atoms with Crippen LogP contribution in [-0.4, -0.2) is 4.57 Å². The number of benzene rings is 9. The van der Waals surface area contributed by atoms with E-state index in [0.29, 0.717) is 5.92 Å². The molecular weight excluding hydrogens is 785 g/mol. The summed E-state index contributed by atoms with van der Waals surface area (Å²) in [5.74, 6) is 0.450. The van der Waals surface area contributed by atoms with E-state index in [1.165, 1.54) is 94.3 Å². The average molecular weight is 833 g/mol. The molecule has 65 heavy (non-hydrogen) atoms. The van der Waals surface area contributed by atoms with E-state index in [-0.39, 0.29) is 0 Å². The third kappa shape index (κ3) is 6.99. The Labute approximate surface area is 381 Å². The number of rotatable bonds is 6. The molecule has 12 rings (SSSR count). The smallest absolute Gasteiger partial charge is 0.0538 e. The molecule has 1 atom stereocenters. The molecule has 0 radical (unpaired) electrons. The molecule has 1 unspecified atom stereocenters. The van der Waals surface area contributed by atoms with Crippen molar-refractivity contribution >= 4 is 44.6 Å². The number of hydrogen-bond donors (Lipinski definition) is 0. The van der Waals surface area contributed by atoms with Gasteiger partial charge in [-0.1, -0.05) is 177 Å². The Balaban J connectivity index is 0.981. The molecule has 2 nitrogen and oxygen atoms in total. The Bertz CT molecular complexity index is 3460. The van der Waals surface area contributed by atoms with Crippen molar-refractivity contribution in [3.63, 3.8) is 0 Å². The lowest BCUT2D eigenvalue weighted by atomic mass is 9.84. The lowest BCUT2D eigenvalue weighted by Crippen LogP contribution is -2.11. The Hall–Kier alpha value is -7.94. The summed E-state index contributed by atoms with van der Waals surface area (Å²) in [6.07, 6.45) is 9.52. The molecule has 310 valence electrons. The van der Waals surface area contributed by atoms with Gasteiger partial charge in [0.25, 0.3) is 0 Å². The van der Waals surface area contributed by atoms with E-state index in [9.17, 15) is 0 Å². The summed E-state index contributed by atoms with van der Waals surface area (Å²) in [5.41, 5.74) is 22.6. The van der Waals surface area contributed by atoms with Crippen LogP contribution >= 0.6 is 0 Å². The van der Waals surface area contributed by atoms with Crippen molar-refractivity contribution in [3.05, 3.63) is 253 Å². The third-order valence-electron chi connectivity index (χ3n) is 13.8. The summed E-state index contributed by atoms with van der Waals surface area (Å²) >= 11 is 0. The summed E-state index contributed by atoms with van der Waals surface area (Å²) < 4.78 is 2.48. The first kappa shape index (κ1) is 38.7. The van der Waals surface area contributed by atoms with E-state index in [1.807, 2.05) is 0 Å². The summed E-state index contributed by atoms with van der Waals surface area (Å²) in [6, 6.07) is 78.8. The number of fused-ring (bicyclic) bond motifs is 9. The first-order chi connectivity index (χ1) is 32.1. The fourth-order valence-electron chi connectivity index (χ4n) is 10.5. The van der Waals surface area contributed by atoms with Crippen molar-refractivity contribution < 1.29 is 0 Å². The van der Waals surface area contributed by atoms with Crippen LogP contribution in [-0.2, 0) is 12.8 Å². The maximum atomic E-state index is 2.48. The average Bonchev–Trinajstić information content (AvgIpc) is 3.69. The first-order valence-corrected chi connectivity index (χ1v) is 23.0. The first-order valence-electron chi connectivity index (χ1n) is 23.0. The number of hydrogen-bond acceptors (Lipinski definition) is 1. The molecular formula is C63H48N2. The van der Waals surface area contributed by atoms with Gasteiger partial charge < -0.3 is 9.47 Å². The van der Waals surface area contributed by atoms with Gasteiger partial charge in [0.05, 0.1) is 11.0 Å². The largest absolute Gasteiger partial charge is 0.313 e. The molecule has 10 aromatic rings. The van der Waals surface area contributed by atoms with Crippen molar-refractivity contribution in [2.45, 2.75) is 26.2 Å². The summed E-state index contributed by atoms with van der Waals surface area (Å²) in [5, 5.41) is 2.57. The predicted octanol–water partition coefficient (Wildman–Crippen LogP) is 16.9. The zero-order valence-corrected chi connectivity index (χ0v) is 36.5. The molecule has 9 aromatic carbocycles. The van der Waals surface area contributed by atoms with Gasteiger partial charge in [0.15, 0.2) is 0 Å². The zero-order chi connectivity index (χ0) is 43.3. The standard InChI is InChI=1S/C63H48N2/c1-43-15-5-13-25-61(43)65-62-26-14-12-24-59(62)60-42-47(31-38-63(60)65)46-29-34-53(35-30-46)64(52-32-27-45(28-33-52)44-16-3-2-4-17-44)54-36-37-58-51(41-54)40-50-20-8-10-22-56(50)55-21-9-6-18-48(55)39-49-19-7-11-23-57(49)58/h2-14,16-38,41-43H,15,39-40H2,1H3. The van der Waals surface area contributed by atoms with E-state index >= 15 is 0 Å². The SMILES string of the molecule is CC1CC=CC=C1n1c2ccccc2c2cc(-c3ccc(N(c4ccc(-c5ccccc5)cc4)c4ccc5c(c4)Cc4ccccc4-c4ccccc4Cc4ccccc4-5)cc3)ccc21. The Morgan fingerprint density at radius 1 is 0.400 bits per heavy atom. The van der Waals surface area contributed by atoms with E-state index in [1.54, 1.807) is 0 Å². The molecule has 2 aliphatic carbocycles. The maximum Gasteiger partial charge on any atom is 0.0538 e. The van der Waals surface area contributed by atoms with Gasteiger partial charge in [0, 0.05) is 39.4 Å². The van der Waals surface area contributed by atoms with Crippen molar-refractivity contribution in [2.75, 3.05) is 4.90 Å². The van der Waals surface area contributed by atoms with Gasteiger partial charge in [0.2, 0.25) is 0 Å². The lowest BCUT2D eigenvalue weighted by Gasteiger charge is -2.28. The van der Waals surface area contributed by atoms with Crippen LogP contribution in [0.2, 0.25) is 0 Å². The summed E-state index contributed by atoms with van der Waals surface area (Å²) in [7, 11) is 0. The fraction of sp³-hybridized carbons (Fsp3) is 0.0794. The van der Waals surface area contributed by atoms with Gasteiger partial charge in [-0.05, 0) is 147 Å². The van der Waals surface area contributed by atoms with Gasteiger partial charge in [0.1, 0.15) is 0 Å². The number of anilines is 3. The van der Waals surface area contributed by atoms with Crippen LogP contribution in [0.25, 0.3) is 72.0 Å². The normalized spacial score (nSPS) is 14.2. The molecule has 0 saturated carbocycles. The van der Waals surface area contributed by atoms with Crippen LogP contribution < -0.4 is 4.90 Å². The number of para-hydroxylation sites is 1. The maximum absolute atomic E-state index is 2.48. The predicted molar refractivity (Wildman–Crippen MR) is 275 cm³/mol. The fourth-order valence-corrected chi connectivity index (χ4v) is 10.5. The zero-order valence-electron chi connectivity index (χ0n) is 36.5. The van der Waals surface area contributed by atoms with Crippen molar-refractivity contribution in [2.24, 2.45) is 5.92 Å². The quantitative estimate of drug-likeness (QED) is 0.162. The van der Waals surface area contributed by atoms with Gasteiger partial charge in [-0.25, -0.2) is 0 Å². The Kier molecular flexibility index (Phi) is 9.72. The molecule has 0 amide bonds. The molecule has 0 N–H and O–H groups in total. The van der Waals surface area contributed by atoms with Crippen LogP contribution in [0, 0.1) is 5.92 Å². The molecule has 0 bridgehead atoms. The second-order valence-electron chi connectivity index (χ2n) is 17.7. The molecule has 1 aromatic heterocycles. The second kappa shape index (κ2) is 16.3. The molecule has 1 heterocycles. The lowest BCUT2D eigenvalue weighted by molar-refractivity contribution is 0.725. The second-order valence-corrected chi connectivity index (χ2v) is 17.7. The van der Waals surface area contributed by atoms with Crippen LogP contribution in [0.5, 0.6) is 0 Å². The number of aromatic nitrogens is 1. The minimum Gasteiger partial charge on any atom is -0.313 e. The van der Waals surface area contributed by atoms with Crippen LogP contribution in [0.1, 0.15) is 35.6 Å². The van der Waals surface area contributed by atoms with Crippen LogP contribution in [0.15, 0.2) is 231 Å². The highest BCUT2D eigenvalue weighted by atomic mass is 15.1. The summed E-state index contributed by atoms with van der Waals surface area (Å²) in [4.78, 5) is 2.43. The highest BCUT2D eigenvalue weighted by molar-refractivity contribution is 6.11. The minimum atomic E-state index is 0.450. The van der Waals surface area contributed by atoms with Crippen LogP contribution in [0.3, 0.4) is 0 Å². The van der Waals surface area contributed by atoms with Gasteiger partial charge in [-0.15, -0.1) is 0 Å². The van der Waals surface area contributed by atoms with Gasteiger partial charge >= 0.3 is 0 Å². The molecule has 0 aliphatic heterocycles. The van der Waals surface area contributed by atoms with Crippen molar-refractivity contribution in [3.8, 4) is 44.5 Å². The molecule has 0 saturated heterocycles. The van der Waals surface area contributed by atoms with E-state index < -0.39 is 0 Å².